The van der Waals surface area contributed by atoms with Gasteiger partial charge in [-0.15, -0.1) is 0 Å². The summed E-state index contributed by atoms with van der Waals surface area (Å²) in [7, 11) is 0. The lowest BCUT2D eigenvalue weighted by Gasteiger charge is -2.19. The Bertz CT molecular complexity index is 397. The molecule has 88 valence electrons. The lowest BCUT2D eigenvalue weighted by Crippen LogP contribution is -2.27. The first-order valence-electron chi connectivity index (χ1n) is 5.41. The van der Waals surface area contributed by atoms with Crippen molar-refractivity contribution < 1.29 is 9.13 Å². The topological polar surface area (TPSA) is 21.3 Å². The minimum absolute atomic E-state index is 0.211. The maximum absolute atomic E-state index is 13.3. The first kappa shape index (κ1) is 11.9. The van der Waals surface area contributed by atoms with Crippen LogP contribution < -0.4 is 5.32 Å². The van der Waals surface area contributed by atoms with Crippen molar-refractivity contribution in [3.8, 4) is 0 Å². The van der Waals surface area contributed by atoms with Gasteiger partial charge in [0.15, 0.2) is 0 Å². The average molecular weight is 288 g/mol. The first-order chi connectivity index (χ1) is 7.58. The van der Waals surface area contributed by atoms with E-state index in [0.717, 1.165) is 24.3 Å². The molecule has 16 heavy (non-hydrogen) atoms. The molecule has 1 aliphatic rings. The monoisotopic (exact) mass is 287 g/mol. The van der Waals surface area contributed by atoms with E-state index < -0.39 is 0 Å². The van der Waals surface area contributed by atoms with Crippen molar-refractivity contribution in [2.24, 2.45) is 0 Å². The van der Waals surface area contributed by atoms with E-state index in [1.54, 1.807) is 6.07 Å². The summed E-state index contributed by atoms with van der Waals surface area (Å²) in [4.78, 5) is 0. The second kappa shape index (κ2) is 4.72. The third-order valence-corrected chi connectivity index (χ3v) is 3.59. The summed E-state index contributed by atoms with van der Waals surface area (Å²) in [5.41, 5.74) is 1.88. The molecule has 0 aromatic heterocycles. The maximum Gasteiger partial charge on any atom is 0.137 e. The van der Waals surface area contributed by atoms with Crippen LogP contribution in [-0.2, 0) is 4.74 Å². The molecule has 1 N–H and O–H groups in total. The Hall–Kier alpha value is -0.610. The van der Waals surface area contributed by atoms with Gasteiger partial charge in [-0.3, -0.25) is 0 Å². The maximum atomic E-state index is 13.3. The van der Waals surface area contributed by atoms with Gasteiger partial charge in [0, 0.05) is 12.3 Å². The zero-order valence-corrected chi connectivity index (χ0v) is 11.0. The fraction of sp³-hybridized carbons (Fsp3) is 0.500. The van der Waals surface area contributed by atoms with Crippen LogP contribution in [0.1, 0.15) is 18.9 Å². The van der Waals surface area contributed by atoms with E-state index in [9.17, 15) is 4.39 Å². The molecule has 1 fully saturated rings. The molecule has 1 saturated heterocycles. The minimum Gasteiger partial charge on any atom is -0.379 e. The third-order valence-electron chi connectivity index (χ3n) is 2.98. The first-order valence-corrected chi connectivity index (χ1v) is 6.21. The van der Waals surface area contributed by atoms with Gasteiger partial charge >= 0.3 is 0 Å². The predicted octanol–water partition coefficient (Wildman–Crippen LogP) is 3.49. The van der Waals surface area contributed by atoms with Crippen LogP contribution in [0.25, 0.3) is 0 Å². The van der Waals surface area contributed by atoms with Crippen LogP contribution in [0.4, 0.5) is 10.1 Å². The van der Waals surface area contributed by atoms with E-state index in [1.807, 2.05) is 6.92 Å². The number of aryl methyl sites for hydroxylation is 1. The van der Waals surface area contributed by atoms with Crippen molar-refractivity contribution in [2.75, 3.05) is 11.9 Å². The molecule has 1 heterocycles. The molecule has 1 aromatic carbocycles. The number of hydrogen-bond acceptors (Lipinski definition) is 2. The number of rotatable bonds is 2. The Morgan fingerprint density at radius 3 is 2.88 bits per heavy atom. The third kappa shape index (κ3) is 2.38. The molecule has 0 bridgehead atoms. The van der Waals surface area contributed by atoms with Gasteiger partial charge in [-0.25, -0.2) is 4.39 Å². The van der Waals surface area contributed by atoms with Crippen molar-refractivity contribution in [1.29, 1.82) is 0 Å². The molecule has 0 radical (unpaired) electrons. The predicted molar refractivity (Wildman–Crippen MR) is 66.3 cm³/mol. The molecule has 1 aromatic rings. The fourth-order valence-corrected chi connectivity index (χ4v) is 2.27. The molecule has 0 amide bonds. The molecular formula is C12H15BrFNO. The van der Waals surface area contributed by atoms with E-state index in [-0.39, 0.29) is 11.9 Å². The van der Waals surface area contributed by atoms with Crippen molar-refractivity contribution in [3.05, 3.63) is 28.0 Å². The van der Waals surface area contributed by atoms with Gasteiger partial charge in [-0.05, 0) is 53.9 Å². The number of ether oxygens (including phenoxy) is 1. The van der Waals surface area contributed by atoms with Gasteiger partial charge in [0.2, 0.25) is 0 Å². The number of hydrogen-bond donors (Lipinski definition) is 1. The summed E-state index contributed by atoms with van der Waals surface area (Å²) < 4.78 is 19.2. The lowest BCUT2D eigenvalue weighted by molar-refractivity contribution is 0.121. The summed E-state index contributed by atoms with van der Waals surface area (Å²) in [5.74, 6) is -0.223. The molecule has 2 nitrogen and oxygen atoms in total. The van der Waals surface area contributed by atoms with Crippen molar-refractivity contribution in [3.63, 3.8) is 0 Å². The highest BCUT2D eigenvalue weighted by atomic mass is 79.9. The number of nitrogens with one attached hydrogen (secondary N) is 1. The summed E-state index contributed by atoms with van der Waals surface area (Å²) in [6.07, 6.45) is 1.21. The highest BCUT2D eigenvalue weighted by Gasteiger charge is 2.24. The standard InChI is InChI=1S/C12H15BrFNO/c1-7-5-10(14)9(13)6-12(7)15-11-3-4-16-8(11)2/h5-6,8,11,15H,3-4H2,1-2H3. The molecular weight excluding hydrogens is 273 g/mol. The van der Waals surface area contributed by atoms with Crippen molar-refractivity contribution >= 4 is 21.6 Å². The number of benzene rings is 1. The Morgan fingerprint density at radius 1 is 1.50 bits per heavy atom. The SMILES string of the molecule is Cc1cc(F)c(Br)cc1NC1CCOC1C. The highest BCUT2D eigenvalue weighted by Crippen LogP contribution is 2.27. The largest absolute Gasteiger partial charge is 0.379 e. The minimum atomic E-state index is -0.223. The Kier molecular flexibility index (Phi) is 3.50. The van der Waals surface area contributed by atoms with Gasteiger partial charge < -0.3 is 10.1 Å². The van der Waals surface area contributed by atoms with Crippen molar-refractivity contribution in [1.82, 2.24) is 0 Å². The summed E-state index contributed by atoms with van der Waals surface area (Å²) in [6.45, 7) is 4.75. The average Bonchev–Trinajstić information content (AvgIpc) is 2.61. The summed E-state index contributed by atoms with van der Waals surface area (Å²) in [6, 6.07) is 3.64. The second-order valence-corrected chi connectivity index (χ2v) is 5.05. The quantitative estimate of drug-likeness (QED) is 0.899. The van der Waals surface area contributed by atoms with Crippen molar-refractivity contribution in [2.45, 2.75) is 32.4 Å². The summed E-state index contributed by atoms with van der Waals surface area (Å²) >= 11 is 3.20. The van der Waals surface area contributed by atoms with Gasteiger partial charge in [-0.2, -0.15) is 0 Å². The number of anilines is 1. The second-order valence-electron chi connectivity index (χ2n) is 4.20. The summed E-state index contributed by atoms with van der Waals surface area (Å²) in [5, 5.41) is 3.41. The molecule has 0 spiro atoms. The zero-order chi connectivity index (χ0) is 11.7. The zero-order valence-electron chi connectivity index (χ0n) is 9.39. The van der Waals surface area contributed by atoms with Gasteiger partial charge in [-0.1, -0.05) is 0 Å². The molecule has 2 rings (SSSR count). The van der Waals surface area contributed by atoms with E-state index in [0.29, 0.717) is 10.5 Å². The lowest BCUT2D eigenvalue weighted by atomic mass is 10.1. The van der Waals surface area contributed by atoms with Crippen LogP contribution in [0.2, 0.25) is 0 Å². The molecule has 2 atom stereocenters. The molecule has 0 aliphatic carbocycles. The van der Waals surface area contributed by atoms with Crippen LogP contribution in [0.3, 0.4) is 0 Å². The fourth-order valence-electron chi connectivity index (χ4n) is 1.92. The smallest absolute Gasteiger partial charge is 0.137 e. The Balaban J connectivity index is 2.18. The molecule has 1 aliphatic heterocycles. The Labute approximate surface area is 103 Å². The van der Waals surface area contributed by atoms with Crippen LogP contribution in [0, 0.1) is 12.7 Å². The highest BCUT2D eigenvalue weighted by molar-refractivity contribution is 9.10. The van der Waals surface area contributed by atoms with E-state index in [1.165, 1.54) is 6.07 Å². The van der Waals surface area contributed by atoms with Gasteiger partial charge in [0.25, 0.3) is 0 Å². The Morgan fingerprint density at radius 2 is 2.25 bits per heavy atom. The van der Waals surface area contributed by atoms with E-state index >= 15 is 0 Å². The van der Waals surface area contributed by atoms with Gasteiger partial charge in [0.1, 0.15) is 5.82 Å². The van der Waals surface area contributed by atoms with Crippen LogP contribution >= 0.6 is 15.9 Å². The van der Waals surface area contributed by atoms with Gasteiger partial charge in [0.05, 0.1) is 16.6 Å². The van der Waals surface area contributed by atoms with Crippen LogP contribution in [-0.4, -0.2) is 18.8 Å². The van der Waals surface area contributed by atoms with Crippen LogP contribution in [0.5, 0.6) is 0 Å². The molecule has 0 saturated carbocycles. The molecule has 4 heteroatoms. The molecule has 2 unspecified atom stereocenters. The number of halogens is 2. The van der Waals surface area contributed by atoms with Crippen LogP contribution in [0.15, 0.2) is 16.6 Å². The van der Waals surface area contributed by atoms with E-state index in [4.69, 9.17) is 4.74 Å². The van der Waals surface area contributed by atoms with E-state index in [2.05, 4.69) is 28.2 Å². The normalized spacial score (nSPS) is 24.8.